The van der Waals surface area contributed by atoms with Gasteiger partial charge in [-0.25, -0.2) is 8.78 Å². The van der Waals surface area contributed by atoms with E-state index in [0.717, 1.165) is 43.7 Å². The lowest BCUT2D eigenvalue weighted by atomic mass is 9.68. The van der Waals surface area contributed by atoms with E-state index in [2.05, 4.69) is 12.7 Å². The van der Waals surface area contributed by atoms with Gasteiger partial charge >= 0.3 is 5.38 Å². The molecule has 3 rings (SSSR count). The maximum Gasteiger partial charge on any atom is 0.353 e. The molecule has 2 fully saturated rings. The first-order valence-electron chi connectivity index (χ1n) is 9.48. The van der Waals surface area contributed by atoms with Crippen LogP contribution in [0.2, 0.25) is 0 Å². The van der Waals surface area contributed by atoms with Crippen LogP contribution in [0.25, 0.3) is 0 Å². The van der Waals surface area contributed by atoms with Crippen molar-refractivity contribution in [3.8, 4) is 0 Å². The molecule has 2 saturated carbocycles. The summed E-state index contributed by atoms with van der Waals surface area (Å²) in [6.07, 6.45) is 10.7. The van der Waals surface area contributed by atoms with Crippen LogP contribution in [0.1, 0.15) is 68.4 Å². The van der Waals surface area contributed by atoms with E-state index in [1.807, 2.05) is 0 Å². The molecule has 144 valence electrons. The molecule has 0 radical (unpaired) electrons. The SMILES string of the molecule is C=CC1CCC(C2CCC(c3cc(F)c(C(F)(F)Cl)c(F)c3)CC2)CC1. The Morgan fingerprint density at radius 1 is 0.885 bits per heavy atom. The minimum Gasteiger partial charge on any atom is -0.206 e. The Morgan fingerprint density at radius 2 is 1.35 bits per heavy atom. The topological polar surface area (TPSA) is 0 Å². The standard InChI is InChI=1S/C21H25ClF4/c1-2-13-3-5-14(6-4-13)15-7-9-16(10-8-15)17-11-18(23)20(19(24)12-17)21(22,25)26/h2,11-16H,1,3-10H2. The van der Waals surface area contributed by atoms with Crippen LogP contribution in [0, 0.1) is 29.4 Å². The molecule has 0 amide bonds. The van der Waals surface area contributed by atoms with Crippen LogP contribution in [-0.4, -0.2) is 0 Å². The Hall–Kier alpha value is -1.03. The van der Waals surface area contributed by atoms with E-state index >= 15 is 0 Å². The smallest absolute Gasteiger partial charge is 0.206 e. The zero-order valence-electron chi connectivity index (χ0n) is 14.8. The highest BCUT2D eigenvalue weighted by atomic mass is 35.5. The third kappa shape index (κ3) is 4.27. The number of allylic oxidation sites excluding steroid dienone is 1. The second kappa shape index (κ2) is 7.92. The molecule has 0 nitrogen and oxygen atoms in total. The van der Waals surface area contributed by atoms with Crippen molar-refractivity contribution in [2.45, 2.75) is 62.7 Å². The van der Waals surface area contributed by atoms with Gasteiger partial charge in [0.05, 0.1) is 0 Å². The monoisotopic (exact) mass is 388 g/mol. The maximum absolute atomic E-state index is 14.0. The predicted molar refractivity (Wildman–Crippen MR) is 96.4 cm³/mol. The third-order valence-electron chi connectivity index (χ3n) is 6.41. The van der Waals surface area contributed by atoms with Gasteiger partial charge in [-0.1, -0.05) is 6.08 Å². The van der Waals surface area contributed by atoms with Crippen molar-refractivity contribution in [3.63, 3.8) is 0 Å². The number of halogens is 5. The van der Waals surface area contributed by atoms with E-state index < -0.39 is 22.6 Å². The molecule has 0 aromatic heterocycles. The molecule has 0 bridgehead atoms. The van der Waals surface area contributed by atoms with E-state index in [1.54, 1.807) is 0 Å². The van der Waals surface area contributed by atoms with Gasteiger partial charge < -0.3 is 0 Å². The normalized spacial score (nSPS) is 30.2. The lowest BCUT2D eigenvalue weighted by Crippen LogP contribution is -2.25. The summed E-state index contributed by atoms with van der Waals surface area (Å²) in [6, 6.07) is 2.07. The molecular weight excluding hydrogens is 364 g/mol. The average Bonchev–Trinajstić information content (AvgIpc) is 2.60. The summed E-state index contributed by atoms with van der Waals surface area (Å²) >= 11 is 4.81. The molecular formula is C21H25ClF4. The zero-order chi connectivity index (χ0) is 18.9. The summed E-state index contributed by atoms with van der Waals surface area (Å²) in [4.78, 5) is 0. The Bertz CT molecular complexity index is 613. The van der Waals surface area contributed by atoms with Crippen molar-refractivity contribution >= 4 is 11.6 Å². The Morgan fingerprint density at radius 3 is 1.77 bits per heavy atom. The molecule has 2 aliphatic carbocycles. The minimum absolute atomic E-state index is 0.0257. The summed E-state index contributed by atoms with van der Waals surface area (Å²) in [5.74, 6) is -0.448. The Labute approximate surface area is 157 Å². The zero-order valence-corrected chi connectivity index (χ0v) is 15.6. The second-order valence-corrected chi connectivity index (χ2v) is 8.35. The average molecular weight is 389 g/mol. The molecule has 2 aliphatic rings. The minimum atomic E-state index is -4.03. The first-order valence-corrected chi connectivity index (χ1v) is 9.86. The fourth-order valence-corrected chi connectivity index (χ4v) is 5.06. The van der Waals surface area contributed by atoms with Crippen molar-refractivity contribution in [2.24, 2.45) is 17.8 Å². The summed E-state index contributed by atoms with van der Waals surface area (Å²) in [7, 11) is 0. The largest absolute Gasteiger partial charge is 0.353 e. The predicted octanol–water partition coefficient (Wildman–Crippen LogP) is 7.52. The molecule has 1 aromatic carbocycles. The highest BCUT2D eigenvalue weighted by molar-refractivity contribution is 6.21. The van der Waals surface area contributed by atoms with Crippen molar-refractivity contribution < 1.29 is 17.6 Å². The molecule has 1 aromatic rings. The van der Waals surface area contributed by atoms with Gasteiger partial charge in [-0.2, -0.15) is 8.78 Å². The summed E-state index contributed by atoms with van der Waals surface area (Å²) in [6.45, 7) is 3.88. The molecule has 5 heteroatoms. The molecule has 26 heavy (non-hydrogen) atoms. The lowest BCUT2D eigenvalue weighted by Gasteiger charge is -2.37. The van der Waals surface area contributed by atoms with Gasteiger partial charge in [0.1, 0.15) is 17.2 Å². The van der Waals surface area contributed by atoms with Gasteiger partial charge in [-0.15, -0.1) is 6.58 Å². The summed E-state index contributed by atoms with van der Waals surface area (Å²) in [5.41, 5.74) is -0.880. The molecule has 0 saturated heterocycles. The van der Waals surface area contributed by atoms with Gasteiger partial charge in [0, 0.05) is 0 Å². The van der Waals surface area contributed by atoms with E-state index in [9.17, 15) is 17.6 Å². The van der Waals surface area contributed by atoms with Crippen LogP contribution in [0.5, 0.6) is 0 Å². The number of benzene rings is 1. The van der Waals surface area contributed by atoms with Crippen LogP contribution < -0.4 is 0 Å². The lowest BCUT2D eigenvalue weighted by molar-refractivity contribution is 0.0857. The second-order valence-electron chi connectivity index (χ2n) is 7.88. The van der Waals surface area contributed by atoms with Gasteiger partial charge in [0.2, 0.25) is 0 Å². The molecule has 0 atom stereocenters. The van der Waals surface area contributed by atoms with Crippen molar-refractivity contribution in [3.05, 3.63) is 47.5 Å². The van der Waals surface area contributed by atoms with E-state index in [4.69, 9.17) is 11.6 Å². The van der Waals surface area contributed by atoms with Crippen LogP contribution >= 0.6 is 11.6 Å². The van der Waals surface area contributed by atoms with Gasteiger partial charge in [-0.3, -0.25) is 0 Å². The molecule has 0 aliphatic heterocycles. The first-order chi connectivity index (χ1) is 12.3. The van der Waals surface area contributed by atoms with Crippen LogP contribution in [-0.2, 0) is 5.38 Å². The highest BCUT2D eigenvalue weighted by Gasteiger charge is 2.37. The van der Waals surface area contributed by atoms with Crippen molar-refractivity contribution in [2.75, 3.05) is 0 Å². The molecule has 0 heterocycles. The van der Waals surface area contributed by atoms with Crippen LogP contribution in [0.15, 0.2) is 24.8 Å². The Balaban J connectivity index is 1.63. The first kappa shape index (κ1) is 19.7. The van der Waals surface area contributed by atoms with Crippen LogP contribution in [0.3, 0.4) is 0 Å². The van der Waals surface area contributed by atoms with Crippen molar-refractivity contribution in [1.82, 2.24) is 0 Å². The van der Waals surface area contributed by atoms with Gasteiger partial charge in [0.15, 0.2) is 0 Å². The third-order valence-corrected chi connectivity index (χ3v) is 6.60. The maximum atomic E-state index is 14.0. The van der Waals surface area contributed by atoms with Crippen LogP contribution in [0.4, 0.5) is 17.6 Å². The summed E-state index contributed by atoms with van der Waals surface area (Å²) in [5, 5.41) is -4.03. The fraction of sp³-hybridized carbons (Fsp3) is 0.619. The highest BCUT2D eigenvalue weighted by Crippen LogP contribution is 2.45. The number of alkyl halides is 3. The Kier molecular flexibility index (Phi) is 6.01. The van der Waals surface area contributed by atoms with E-state index in [1.165, 1.54) is 25.7 Å². The van der Waals surface area contributed by atoms with Gasteiger partial charge in [-0.05, 0) is 104 Å². The fourth-order valence-electron chi connectivity index (χ4n) is 4.88. The van der Waals surface area contributed by atoms with E-state index in [-0.39, 0.29) is 5.92 Å². The van der Waals surface area contributed by atoms with E-state index in [0.29, 0.717) is 17.4 Å². The van der Waals surface area contributed by atoms with Crippen molar-refractivity contribution in [1.29, 1.82) is 0 Å². The molecule has 0 spiro atoms. The number of hydrogen-bond donors (Lipinski definition) is 0. The molecule has 0 N–H and O–H groups in total. The summed E-state index contributed by atoms with van der Waals surface area (Å²) < 4.78 is 54.3. The van der Waals surface area contributed by atoms with Gasteiger partial charge in [0.25, 0.3) is 0 Å². The number of rotatable bonds is 4. The number of hydrogen-bond acceptors (Lipinski definition) is 0. The quantitative estimate of drug-likeness (QED) is 0.284. The molecule has 0 unspecified atom stereocenters.